The molecule has 2 aromatic heterocycles. The normalized spacial score (nSPS) is 18.4. The van der Waals surface area contributed by atoms with Gasteiger partial charge >= 0.3 is 12.1 Å². The van der Waals surface area contributed by atoms with E-state index in [-0.39, 0.29) is 18.1 Å². The van der Waals surface area contributed by atoms with Gasteiger partial charge in [0.1, 0.15) is 35.5 Å². The van der Waals surface area contributed by atoms with Gasteiger partial charge in [0, 0.05) is 20.6 Å². The van der Waals surface area contributed by atoms with Crippen molar-refractivity contribution >= 4 is 12.1 Å². The number of aliphatic carboxylic acids is 1. The van der Waals surface area contributed by atoms with Crippen LogP contribution in [0.15, 0.2) is 6.20 Å². The maximum atomic E-state index is 12.4. The SMILES string of the molecule is Cc1nc(-c2nnn(C)c2COC(=O)N(C)CC(C)(C)C)cnc1O[C@H]1CCC[C@H](C(=O)O)C1. The van der Waals surface area contributed by atoms with E-state index in [4.69, 9.17) is 9.47 Å². The van der Waals surface area contributed by atoms with Gasteiger partial charge in [0.2, 0.25) is 5.88 Å². The molecule has 0 saturated heterocycles. The number of nitrogens with zero attached hydrogens (tertiary/aromatic N) is 6. The average molecular weight is 475 g/mol. The Morgan fingerprint density at radius 3 is 2.68 bits per heavy atom. The molecule has 3 rings (SSSR count). The standard InChI is InChI=1S/C23H34N6O5/c1-14-20(34-16-9-7-8-15(10-16)21(30)31)24-11-17(25-14)19-18(29(6)27-26-19)12-33-22(32)28(5)13-23(2,3)4/h11,15-16H,7-10,12-13H2,1-6H3,(H,30,31)/t15-,16-/m0/s1. The number of aryl methyl sites for hydroxylation is 2. The lowest BCUT2D eigenvalue weighted by molar-refractivity contribution is -0.143. The van der Waals surface area contributed by atoms with Crippen LogP contribution in [0, 0.1) is 18.3 Å². The number of carbonyl (C=O) groups is 2. The van der Waals surface area contributed by atoms with Crippen LogP contribution in [0.2, 0.25) is 0 Å². The van der Waals surface area contributed by atoms with Crippen LogP contribution in [0.5, 0.6) is 5.88 Å². The minimum absolute atomic E-state index is 0.0101. The Morgan fingerprint density at radius 1 is 1.29 bits per heavy atom. The lowest BCUT2D eigenvalue weighted by Gasteiger charge is -2.27. The molecule has 0 unspecified atom stereocenters. The topological polar surface area (TPSA) is 133 Å². The highest BCUT2D eigenvalue weighted by Gasteiger charge is 2.29. The number of aromatic nitrogens is 5. The van der Waals surface area contributed by atoms with E-state index in [0.717, 1.165) is 12.8 Å². The van der Waals surface area contributed by atoms with Crippen molar-refractivity contribution in [3.8, 4) is 17.3 Å². The lowest BCUT2D eigenvalue weighted by Crippen LogP contribution is -2.34. The molecule has 0 aliphatic heterocycles. The molecule has 1 amide bonds. The number of amides is 1. The Hall–Kier alpha value is -3.24. The second kappa shape index (κ2) is 10.4. The Bertz CT molecular complexity index is 1030. The molecule has 1 aliphatic carbocycles. The van der Waals surface area contributed by atoms with Gasteiger partial charge in [0.05, 0.1) is 12.1 Å². The van der Waals surface area contributed by atoms with Gasteiger partial charge in [-0.1, -0.05) is 26.0 Å². The fourth-order valence-corrected chi connectivity index (χ4v) is 4.09. The molecule has 34 heavy (non-hydrogen) atoms. The molecule has 2 aromatic rings. The first-order chi connectivity index (χ1) is 15.9. The van der Waals surface area contributed by atoms with Crippen LogP contribution in [0.1, 0.15) is 57.8 Å². The maximum Gasteiger partial charge on any atom is 0.409 e. The zero-order valence-electron chi connectivity index (χ0n) is 20.7. The van der Waals surface area contributed by atoms with E-state index in [1.807, 2.05) is 20.8 Å². The van der Waals surface area contributed by atoms with E-state index in [1.165, 1.54) is 0 Å². The molecule has 1 fully saturated rings. The highest BCUT2D eigenvalue weighted by Crippen LogP contribution is 2.29. The molecular formula is C23H34N6O5. The summed E-state index contributed by atoms with van der Waals surface area (Å²) < 4.78 is 13.0. The van der Waals surface area contributed by atoms with E-state index < -0.39 is 18.0 Å². The van der Waals surface area contributed by atoms with Crippen LogP contribution >= 0.6 is 0 Å². The second-order valence-corrected chi connectivity index (χ2v) is 10.1. The van der Waals surface area contributed by atoms with Crippen molar-refractivity contribution in [2.24, 2.45) is 18.4 Å². The minimum Gasteiger partial charge on any atom is -0.481 e. The number of rotatable bonds is 7. The van der Waals surface area contributed by atoms with E-state index in [9.17, 15) is 14.7 Å². The third-order valence-electron chi connectivity index (χ3n) is 5.70. The molecule has 186 valence electrons. The summed E-state index contributed by atoms with van der Waals surface area (Å²) in [6.07, 6.45) is 3.63. The summed E-state index contributed by atoms with van der Waals surface area (Å²) in [6, 6.07) is 0. The van der Waals surface area contributed by atoms with Crippen molar-refractivity contribution < 1.29 is 24.2 Å². The van der Waals surface area contributed by atoms with Gasteiger partial charge in [-0.3, -0.25) is 4.79 Å². The molecule has 1 N–H and O–H groups in total. The van der Waals surface area contributed by atoms with Crippen LogP contribution in [-0.4, -0.2) is 66.7 Å². The molecule has 11 heteroatoms. The van der Waals surface area contributed by atoms with Gasteiger partial charge in [-0.05, 0) is 38.0 Å². The van der Waals surface area contributed by atoms with Crippen LogP contribution < -0.4 is 4.74 Å². The smallest absolute Gasteiger partial charge is 0.409 e. The van der Waals surface area contributed by atoms with Gasteiger partial charge < -0.3 is 19.5 Å². The van der Waals surface area contributed by atoms with E-state index in [0.29, 0.717) is 48.0 Å². The molecule has 2 atom stereocenters. The predicted octanol–water partition coefficient (Wildman–Crippen LogP) is 3.22. The molecule has 0 radical (unpaired) electrons. The Kier molecular flexibility index (Phi) is 7.73. The molecule has 0 bridgehead atoms. The average Bonchev–Trinajstić information content (AvgIpc) is 3.12. The van der Waals surface area contributed by atoms with Crippen LogP contribution in [-0.2, 0) is 23.2 Å². The van der Waals surface area contributed by atoms with Gasteiger partial charge in [-0.25, -0.2) is 19.4 Å². The first kappa shape index (κ1) is 25.4. The molecule has 1 aliphatic rings. The van der Waals surface area contributed by atoms with Gasteiger partial charge in [0.15, 0.2) is 0 Å². The van der Waals surface area contributed by atoms with E-state index >= 15 is 0 Å². The molecule has 11 nitrogen and oxygen atoms in total. The quantitative estimate of drug-likeness (QED) is 0.642. The zero-order valence-corrected chi connectivity index (χ0v) is 20.7. The fourth-order valence-electron chi connectivity index (χ4n) is 4.09. The van der Waals surface area contributed by atoms with Crippen molar-refractivity contribution in [1.29, 1.82) is 0 Å². The Balaban J connectivity index is 1.69. The summed E-state index contributed by atoms with van der Waals surface area (Å²) in [5, 5.41) is 17.5. The Morgan fingerprint density at radius 2 is 2.03 bits per heavy atom. The van der Waals surface area contributed by atoms with Gasteiger partial charge in [0.25, 0.3) is 0 Å². The monoisotopic (exact) mass is 474 g/mol. The summed E-state index contributed by atoms with van der Waals surface area (Å²) in [5.41, 5.74) is 2.07. The van der Waals surface area contributed by atoms with Crippen molar-refractivity contribution in [2.45, 2.75) is 66.1 Å². The van der Waals surface area contributed by atoms with Crippen molar-refractivity contribution in [3.63, 3.8) is 0 Å². The van der Waals surface area contributed by atoms with E-state index in [2.05, 4.69) is 20.3 Å². The van der Waals surface area contributed by atoms with E-state index in [1.54, 1.807) is 36.8 Å². The number of carbonyl (C=O) groups excluding carboxylic acids is 1. The van der Waals surface area contributed by atoms with Crippen LogP contribution in [0.25, 0.3) is 11.4 Å². The summed E-state index contributed by atoms with van der Waals surface area (Å²) >= 11 is 0. The van der Waals surface area contributed by atoms with Crippen molar-refractivity contribution in [3.05, 3.63) is 17.6 Å². The number of hydrogen-bond donors (Lipinski definition) is 1. The number of ether oxygens (including phenoxy) is 2. The van der Waals surface area contributed by atoms with Crippen molar-refractivity contribution in [2.75, 3.05) is 13.6 Å². The Labute approximate surface area is 199 Å². The summed E-state index contributed by atoms with van der Waals surface area (Å²) in [6.45, 7) is 8.47. The van der Waals surface area contributed by atoms with Gasteiger partial charge in [-0.15, -0.1) is 5.10 Å². The molecule has 0 aromatic carbocycles. The summed E-state index contributed by atoms with van der Waals surface area (Å²) in [5.74, 6) is -0.800. The molecule has 2 heterocycles. The largest absolute Gasteiger partial charge is 0.481 e. The highest BCUT2D eigenvalue weighted by molar-refractivity contribution is 5.70. The third-order valence-corrected chi connectivity index (χ3v) is 5.70. The molecule has 1 saturated carbocycles. The zero-order chi connectivity index (χ0) is 25.0. The molecule has 0 spiro atoms. The van der Waals surface area contributed by atoms with Crippen LogP contribution in [0.4, 0.5) is 4.79 Å². The first-order valence-corrected chi connectivity index (χ1v) is 11.4. The third kappa shape index (κ3) is 6.42. The highest BCUT2D eigenvalue weighted by atomic mass is 16.6. The number of carboxylic acid groups (broad SMARTS) is 1. The fraction of sp³-hybridized carbons (Fsp3) is 0.652. The lowest BCUT2D eigenvalue weighted by atomic mass is 9.87. The number of carboxylic acids is 1. The second-order valence-electron chi connectivity index (χ2n) is 10.1. The molecular weight excluding hydrogens is 440 g/mol. The summed E-state index contributed by atoms with van der Waals surface area (Å²) in [7, 11) is 3.42. The van der Waals surface area contributed by atoms with Crippen LogP contribution in [0.3, 0.4) is 0 Å². The maximum absolute atomic E-state index is 12.4. The first-order valence-electron chi connectivity index (χ1n) is 11.4. The van der Waals surface area contributed by atoms with Gasteiger partial charge in [-0.2, -0.15) is 0 Å². The summed E-state index contributed by atoms with van der Waals surface area (Å²) in [4.78, 5) is 34.2. The minimum atomic E-state index is -0.785. The van der Waals surface area contributed by atoms with Crippen molar-refractivity contribution in [1.82, 2.24) is 29.9 Å². The predicted molar refractivity (Wildman–Crippen MR) is 123 cm³/mol. The number of hydrogen-bond acceptors (Lipinski definition) is 8.